The Balaban J connectivity index is 0.00000259. The number of hydrogen-bond acceptors (Lipinski definition) is 6. The third-order valence-electron chi connectivity index (χ3n) is 5.26. The van der Waals surface area contributed by atoms with Gasteiger partial charge in [0.25, 0.3) is 10.1 Å². The summed E-state index contributed by atoms with van der Waals surface area (Å²) in [6, 6.07) is 17.1. The van der Waals surface area contributed by atoms with E-state index in [2.05, 4.69) is 9.97 Å². The highest BCUT2D eigenvalue weighted by molar-refractivity contribution is 7.86. The van der Waals surface area contributed by atoms with E-state index < -0.39 is 10.1 Å². The highest BCUT2D eigenvalue weighted by atomic mass is 35.5. The van der Waals surface area contributed by atoms with E-state index in [0.29, 0.717) is 16.7 Å². The summed E-state index contributed by atoms with van der Waals surface area (Å²) >= 11 is 0. The van der Waals surface area contributed by atoms with Crippen LogP contribution >= 0.6 is 12.4 Å². The van der Waals surface area contributed by atoms with Gasteiger partial charge in [0.05, 0.1) is 16.5 Å². The van der Waals surface area contributed by atoms with Gasteiger partial charge in [0.15, 0.2) is 0 Å². The molecule has 8 nitrogen and oxygen atoms in total. The molecule has 0 spiro atoms. The second-order valence-electron chi connectivity index (χ2n) is 7.31. The van der Waals surface area contributed by atoms with Crippen LogP contribution in [0.3, 0.4) is 0 Å². The van der Waals surface area contributed by atoms with Crippen LogP contribution in [-0.4, -0.2) is 38.3 Å². The molecule has 1 heterocycles. The third-order valence-corrected chi connectivity index (χ3v) is 6.16. The van der Waals surface area contributed by atoms with E-state index in [1.165, 1.54) is 30.3 Å². The van der Waals surface area contributed by atoms with Gasteiger partial charge < -0.3 is 20.3 Å². The monoisotopic (exact) mass is 484 g/mol. The number of imidazole rings is 1. The van der Waals surface area contributed by atoms with E-state index in [1.807, 2.05) is 0 Å². The number of halogens is 1. The van der Waals surface area contributed by atoms with Gasteiger partial charge in [0.1, 0.15) is 33.5 Å². The Morgan fingerprint density at radius 1 is 0.818 bits per heavy atom. The molecular weight excluding hydrogens is 468 g/mol. The van der Waals surface area contributed by atoms with Crippen molar-refractivity contribution in [2.75, 3.05) is 0 Å². The van der Waals surface area contributed by atoms with Gasteiger partial charge in [-0.15, -0.1) is 12.4 Å². The molecule has 5 N–H and O–H groups in total. The van der Waals surface area contributed by atoms with Gasteiger partial charge in [0, 0.05) is 5.39 Å². The fraction of sp³-hybridized carbons (Fsp3) is 0. The van der Waals surface area contributed by atoms with Crippen LogP contribution in [-0.2, 0) is 10.1 Å². The van der Waals surface area contributed by atoms with Crippen LogP contribution in [0, 0.1) is 0 Å². The lowest BCUT2D eigenvalue weighted by molar-refractivity contribution is 0.474. The van der Waals surface area contributed by atoms with Crippen LogP contribution in [0.5, 0.6) is 17.2 Å². The summed E-state index contributed by atoms with van der Waals surface area (Å²) in [5.74, 6) is 0.0645. The van der Waals surface area contributed by atoms with E-state index in [9.17, 15) is 28.3 Å². The van der Waals surface area contributed by atoms with Gasteiger partial charge in [-0.25, -0.2) is 4.98 Å². The quantitative estimate of drug-likeness (QED) is 0.230. The van der Waals surface area contributed by atoms with Gasteiger partial charge in [-0.1, -0.05) is 30.3 Å². The first-order valence-corrected chi connectivity index (χ1v) is 10.9. The highest BCUT2D eigenvalue weighted by Crippen LogP contribution is 2.38. The zero-order chi connectivity index (χ0) is 22.6. The van der Waals surface area contributed by atoms with Gasteiger partial charge in [-0.05, 0) is 47.5 Å². The minimum Gasteiger partial charge on any atom is -0.508 e. The Morgan fingerprint density at radius 2 is 1.55 bits per heavy atom. The van der Waals surface area contributed by atoms with Crippen molar-refractivity contribution in [2.45, 2.75) is 4.90 Å². The van der Waals surface area contributed by atoms with Crippen LogP contribution in [0.15, 0.2) is 71.6 Å². The molecule has 0 saturated heterocycles. The summed E-state index contributed by atoms with van der Waals surface area (Å²) in [7, 11) is -4.57. The molecule has 168 valence electrons. The number of nitrogens with zero attached hydrogens (tertiary/aromatic N) is 1. The predicted molar refractivity (Wildman–Crippen MR) is 127 cm³/mol. The maximum Gasteiger partial charge on any atom is 0.295 e. The van der Waals surface area contributed by atoms with Gasteiger partial charge in [0.2, 0.25) is 0 Å². The summed E-state index contributed by atoms with van der Waals surface area (Å²) in [5.41, 5.74) is 2.29. The summed E-state index contributed by atoms with van der Waals surface area (Å²) in [6.45, 7) is 0. The van der Waals surface area contributed by atoms with Gasteiger partial charge in [-0.3, -0.25) is 4.55 Å². The van der Waals surface area contributed by atoms with Crippen molar-refractivity contribution in [1.29, 1.82) is 0 Å². The molecule has 0 amide bonds. The average molecular weight is 485 g/mol. The van der Waals surface area contributed by atoms with E-state index >= 15 is 0 Å². The minimum atomic E-state index is -4.57. The van der Waals surface area contributed by atoms with Crippen molar-refractivity contribution in [3.05, 3.63) is 66.7 Å². The molecule has 0 fully saturated rings. The summed E-state index contributed by atoms with van der Waals surface area (Å²) < 4.78 is 33.5. The van der Waals surface area contributed by atoms with Crippen molar-refractivity contribution in [2.24, 2.45) is 0 Å². The number of benzene rings is 4. The molecule has 0 unspecified atom stereocenters. The lowest BCUT2D eigenvalue weighted by Crippen LogP contribution is -1.99. The van der Waals surface area contributed by atoms with E-state index in [-0.39, 0.29) is 62.2 Å². The van der Waals surface area contributed by atoms with Crippen molar-refractivity contribution in [1.82, 2.24) is 9.97 Å². The number of nitrogens with one attached hydrogen (secondary N) is 1. The van der Waals surface area contributed by atoms with Crippen molar-refractivity contribution in [3.63, 3.8) is 0 Å². The molecule has 10 heteroatoms. The second-order valence-corrected chi connectivity index (χ2v) is 8.70. The largest absolute Gasteiger partial charge is 0.508 e. The Kier molecular flexibility index (Phi) is 5.41. The first-order chi connectivity index (χ1) is 15.2. The van der Waals surface area contributed by atoms with Crippen LogP contribution in [0.2, 0.25) is 0 Å². The topological polar surface area (TPSA) is 144 Å². The van der Waals surface area contributed by atoms with Crippen molar-refractivity contribution >= 4 is 44.3 Å². The lowest BCUT2D eigenvalue weighted by atomic mass is 10.0. The third kappa shape index (κ3) is 3.82. The number of phenols is 3. The Bertz CT molecular complexity index is 1650. The molecule has 0 aliphatic heterocycles. The molecule has 5 aromatic rings. The molecule has 4 aromatic carbocycles. The van der Waals surface area contributed by atoms with Gasteiger partial charge in [-0.2, -0.15) is 8.42 Å². The SMILES string of the molecule is Cl.O=S(=O)(O)c1cc2[nH]c(-c3ccc(-c4cccc(O)c4)cc3O)nc2c2c(O)cccc12. The zero-order valence-corrected chi connectivity index (χ0v) is 18.4. The molecule has 33 heavy (non-hydrogen) atoms. The summed E-state index contributed by atoms with van der Waals surface area (Å²) in [6.07, 6.45) is 0. The highest BCUT2D eigenvalue weighted by Gasteiger charge is 2.21. The molecule has 0 atom stereocenters. The first-order valence-electron chi connectivity index (χ1n) is 9.47. The molecule has 0 saturated carbocycles. The fourth-order valence-corrected chi connectivity index (χ4v) is 4.54. The molecule has 0 bridgehead atoms. The van der Waals surface area contributed by atoms with E-state index in [0.717, 1.165) is 0 Å². The summed E-state index contributed by atoms with van der Waals surface area (Å²) in [5, 5.41) is 31.0. The van der Waals surface area contributed by atoms with Crippen LogP contribution < -0.4 is 0 Å². The lowest BCUT2D eigenvalue weighted by Gasteiger charge is -2.06. The maximum absolute atomic E-state index is 11.9. The number of fused-ring (bicyclic) bond motifs is 3. The second kappa shape index (κ2) is 7.96. The number of hydrogen-bond donors (Lipinski definition) is 5. The zero-order valence-electron chi connectivity index (χ0n) is 16.7. The molecule has 1 aromatic heterocycles. The fourth-order valence-electron chi connectivity index (χ4n) is 3.82. The normalized spacial score (nSPS) is 11.5. The van der Waals surface area contributed by atoms with Crippen molar-refractivity contribution in [3.8, 4) is 39.8 Å². The van der Waals surface area contributed by atoms with Crippen LogP contribution in [0.4, 0.5) is 0 Å². The number of H-pyrrole nitrogens is 1. The summed E-state index contributed by atoms with van der Waals surface area (Å²) in [4.78, 5) is 7.07. The van der Waals surface area contributed by atoms with E-state index in [1.54, 1.807) is 36.4 Å². The number of aromatic amines is 1. The van der Waals surface area contributed by atoms with Crippen LogP contribution in [0.1, 0.15) is 0 Å². The van der Waals surface area contributed by atoms with Gasteiger partial charge >= 0.3 is 0 Å². The maximum atomic E-state index is 11.9. The molecular formula is C23H17ClN2O6S. The molecule has 0 aliphatic carbocycles. The predicted octanol–water partition coefficient (Wildman–Crippen LogP) is 4.84. The Morgan fingerprint density at radius 3 is 2.24 bits per heavy atom. The Labute approximate surface area is 194 Å². The Hall–Kier alpha value is -3.79. The number of aromatic hydroxyl groups is 3. The van der Waals surface area contributed by atoms with Crippen LogP contribution in [0.25, 0.3) is 44.3 Å². The number of phenolic OH excluding ortho intramolecular Hbond substituents is 3. The average Bonchev–Trinajstić information content (AvgIpc) is 3.16. The molecule has 0 radical (unpaired) electrons. The minimum absolute atomic E-state index is 0. The first kappa shape index (κ1) is 22.4. The molecule has 0 aliphatic rings. The molecule has 5 rings (SSSR count). The standard InChI is InChI=1S/C23H16N2O6S.ClH/c26-14-4-1-3-12(9-14)13-7-8-15(19(28)10-13)23-24-17-11-20(32(29,30)31)16-5-2-6-18(27)21(16)22(17)25-23;/h1-11,26-28H,(H,24,25)(H,29,30,31);1H. The number of rotatable bonds is 3. The van der Waals surface area contributed by atoms with E-state index in [4.69, 9.17) is 0 Å². The van der Waals surface area contributed by atoms with Crippen molar-refractivity contribution < 1.29 is 28.3 Å². The smallest absolute Gasteiger partial charge is 0.295 e. The number of aromatic nitrogens is 2.